The molecular weight excluding hydrogens is 272 g/mol. The molecule has 0 radical (unpaired) electrons. The van der Waals surface area contributed by atoms with Crippen LogP contribution in [-0.4, -0.2) is 22.9 Å². The first-order chi connectivity index (χ1) is 10.3. The molecule has 0 aliphatic heterocycles. The molecule has 1 rings (SSSR count). The van der Waals surface area contributed by atoms with Gasteiger partial charge in [-0.15, -0.1) is 0 Å². The van der Waals surface area contributed by atoms with Gasteiger partial charge in [-0.3, -0.25) is 0 Å². The van der Waals surface area contributed by atoms with Crippen molar-refractivity contribution in [3.8, 4) is 0 Å². The third-order valence-electron chi connectivity index (χ3n) is 4.12. The molecule has 2 heteroatoms. The van der Waals surface area contributed by atoms with Crippen LogP contribution >= 0.6 is 0 Å². The smallest absolute Gasteiger partial charge is 0.0617 e. The van der Waals surface area contributed by atoms with Crippen LogP contribution in [0.5, 0.6) is 0 Å². The number of hydrogen-bond acceptors (Lipinski definition) is 2. The van der Waals surface area contributed by atoms with Crippen LogP contribution in [0.15, 0.2) is 58.7 Å². The quantitative estimate of drug-likeness (QED) is 0.735. The zero-order valence-electron chi connectivity index (χ0n) is 14.6. The monoisotopic (exact) mass is 302 g/mol. The van der Waals surface area contributed by atoms with E-state index in [0.29, 0.717) is 0 Å². The van der Waals surface area contributed by atoms with Gasteiger partial charge < -0.3 is 10.2 Å². The highest BCUT2D eigenvalue weighted by Crippen LogP contribution is 2.40. The lowest BCUT2D eigenvalue weighted by atomic mass is 9.71. The van der Waals surface area contributed by atoms with Gasteiger partial charge in [-0.2, -0.15) is 0 Å². The van der Waals surface area contributed by atoms with Gasteiger partial charge in [-0.1, -0.05) is 67.0 Å². The van der Waals surface area contributed by atoms with Crippen molar-refractivity contribution < 1.29 is 10.2 Å². The molecule has 1 unspecified atom stereocenters. The van der Waals surface area contributed by atoms with E-state index in [1.54, 1.807) is 6.08 Å². The zero-order valence-corrected chi connectivity index (χ0v) is 14.6. The van der Waals surface area contributed by atoms with Crippen molar-refractivity contribution in [1.82, 2.24) is 0 Å². The molecule has 0 aromatic heterocycles. The van der Waals surface area contributed by atoms with Crippen LogP contribution in [0.3, 0.4) is 0 Å². The molecule has 1 aliphatic carbocycles. The third kappa shape index (κ3) is 5.78. The van der Waals surface area contributed by atoms with Gasteiger partial charge in [0, 0.05) is 0 Å². The van der Waals surface area contributed by atoms with Crippen molar-refractivity contribution in [1.29, 1.82) is 0 Å². The Morgan fingerprint density at radius 1 is 1.23 bits per heavy atom. The lowest BCUT2D eigenvalue weighted by molar-refractivity contribution is 0.116. The van der Waals surface area contributed by atoms with Crippen molar-refractivity contribution in [2.24, 2.45) is 5.41 Å². The van der Waals surface area contributed by atoms with Crippen LogP contribution in [0.25, 0.3) is 0 Å². The fraction of sp³-hybridized carbons (Fsp3) is 0.500. The van der Waals surface area contributed by atoms with Gasteiger partial charge in [-0.25, -0.2) is 0 Å². The summed E-state index contributed by atoms with van der Waals surface area (Å²) in [5.74, 6) is 0. The molecule has 1 aliphatic rings. The Kier molecular flexibility index (Phi) is 7.05. The van der Waals surface area contributed by atoms with E-state index in [1.165, 1.54) is 16.7 Å². The van der Waals surface area contributed by atoms with E-state index >= 15 is 0 Å². The lowest BCUT2D eigenvalue weighted by Gasteiger charge is -2.35. The minimum absolute atomic E-state index is 0.0226. The predicted octanol–water partition coefficient (Wildman–Crippen LogP) is 4.48. The first-order valence-corrected chi connectivity index (χ1v) is 7.95. The van der Waals surface area contributed by atoms with Crippen molar-refractivity contribution in [3.05, 3.63) is 58.7 Å². The van der Waals surface area contributed by atoms with Gasteiger partial charge in [0.05, 0.1) is 12.7 Å². The highest BCUT2D eigenvalue weighted by Gasteiger charge is 2.31. The number of aliphatic hydroxyl groups excluding tert-OH is 2. The Bertz CT molecular complexity index is 528. The zero-order chi connectivity index (χ0) is 16.8. The first-order valence-electron chi connectivity index (χ1n) is 7.95. The number of allylic oxidation sites excluding steroid dienone is 8. The largest absolute Gasteiger partial charge is 0.393 e. The van der Waals surface area contributed by atoms with Gasteiger partial charge in [0.2, 0.25) is 0 Å². The Balaban J connectivity index is 2.82. The molecule has 0 aromatic carbocycles. The van der Waals surface area contributed by atoms with Crippen LogP contribution in [-0.2, 0) is 0 Å². The Labute approximate surface area is 135 Å². The molecule has 1 atom stereocenters. The standard InChI is InChI=1S/C20H30O2/c1-15(7-6-8-16(2)11-12-21)9-10-19-17(3)13-18(22)14-20(19,4)5/h6-11,18,21-22H,12-14H2,1-5H3/b8-6+,10-9+,15-7+,16-11+. The molecule has 0 spiro atoms. The second-order valence-corrected chi connectivity index (χ2v) is 6.87. The summed E-state index contributed by atoms with van der Waals surface area (Å²) in [6.07, 6.45) is 13.5. The van der Waals surface area contributed by atoms with Gasteiger partial charge in [0.25, 0.3) is 0 Å². The number of hydrogen-bond donors (Lipinski definition) is 2. The highest BCUT2D eigenvalue weighted by atomic mass is 16.3. The molecule has 0 saturated heterocycles. The summed E-state index contributed by atoms with van der Waals surface area (Å²) in [5.41, 5.74) is 4.87. The highest BCUT2D eigenvalue weighted by molar-refractivity contribution is 5.37. The summed E-state index contributed by atoms with van der Waals surface area (Å²) in [6.45, 7) is 10.6. The molecule has 0 aromatic rings. The summed E-state index contributed by atoms with van der Waals surface area (Å²) in [7, 11) is 0. The maximum absolute atomic E-state index is 9.92. The summed E-state index contributed by atoms with van der Waals surface area (Å²) in [4.78, 5) is 0. The minimum atomic E-state index is -0.215. The minimum Gasteiger partial charge on any atom is -0.393 e. The molecular formula is C20H30O2. The van der Waals surface area contributed by atoms with Gasteiger partial charge in [0.15, 0.2) is 0 Å². The van der Waals surface area contributed by atoms with Crippen LogP contribution in [0.2, 0.25) is 0 Å². The third-order valence-corrected chi connectivity index (χ3v) is 4.12. The SMILES string of the molecule is CC1=C(/C=C/C(C)=C/C=C/C(C)=C/CO)C(C)(C)CC(O)C1. The second kappa shape index (κ2) is 8.30. The van der Waals surface area contributed by atoms with Crippen LogP contribution in [0, 0.1) is 5.41 Å². The lowest BCUT2D eigenvalue weighted by Crippen LogP contribution is -2.28. The summed E-state index contributed by atoms with van der Waals surface area (Å²) in [6, 6.07) is 0. The molecule has 0 amide bonds. The van der Waals surface area contributed by atoms with Crippen molar-refractivity contribution in [3.63, 3.8) is 0 Å². The van der Waals surface area contributed by atoms with Crippen molar-refractivity contribution in [2.75, 3.05) is 6.61 Å². The molecule has 122 valence electrons. The maximum Gasteiger partial charge on any atom is 0.0617 e. The summed E-state index contributed by atoms with van der Waals surface area (Å²) >= 11 is 0. The average molecular weight is 302 g/mol. The van der Waals surface area contributed by atoms with Crippen LogP contribution < -0.4 is 0 Å². The van der Waals surface area contributed by atoms with Crippen molar-refractivity contribution >= 4 is 0 Å². The van der Waals surface area contributed by atoms with Crippen LogP contribution in [0.4, 0.5) is 0 Å². The van der Waals surface area contributed by atoms with E-state index in [9.17, 15) is 5.11 Å². The fourth-order valence-electron chi connectivity index (χ4n) is 3.01. The maximum atomic E-state index is 9.92. The molecule has 22 heavy (non-hydrogen) atoms. The fourth-order valence-corrected chi connectivity index (χ4v) is 3.01. The van der Waals surface area contributed by atoms with Crippen LogP contribution in [0.1, 0.15) is 47.5 Å². The van der Waals surface area contributed by atoms with Gasteiger partial charge in [0.1, 0.15) is 0 Å². The van der Waals surface area contributed by atoms with Gasteiger partial charge in [-0.05, 0) is 44.6 Å². The predicted molar refractivity (Wildman–Crippen MR) is 94.6 cm³/mol. The van der Waals surface area contributed by atoms with E-state index in [1.807, 2.05) is 19.1 Å². The Hall–Kier alpha value is -1.38. The number of aliphatic hydroxyl groups is 2. The topological polar surface area (TPSA) is 40.5 Å². The molecule has 0 saturated carbocycles. The summed E-state index contributed by atoms with van der Waals surface area (Å²) in [5, 5.41) is 18.7. The molecule has 0 heterocycles. The van der Waals surface area contributed by atoms with Crippen molar-refractivity contribution in [2.45, 2.75) is 53.6 Å². The molecule has 0 bridgehead atoms. The van der Waals surface area contributed by atoms with E-state index < -0.39 is 0 Å². The van der Waals surface area contributed by atoms with E-state index in [4.69, 9.17) is 5.11 Å². The second-order valence-electron chi connectivity index (χ2n) is 6.87. The van der Waals surface area contributed by atoms with Gasteiger partial charge >= 0.3 is 0 Å². The Morgan fingerprint density at radius 3 is 2.50 bits per heavy atom. The first kappa shape index (κ1) is 18.7. The number of rotatable bonds is 5. The normalized spacial score (nSPS) is 23.9. The van der Waals surface area contributed by atoms with E-state index in [2.05, 4.69) is 45.9 Å². The molecule has 0 fully saturated rings. The van der Waals surface area contributed by atoms with E-state index in [-0.39, 0.29) is 18.1 Å². The average Bonchev–Trinajstić information content (AvgIpc) is 2.36. The summed E-state index contributed by atoms with van der Waals surface area (Å²) < 4.78 is 0. The molecule has 2 nitrogen and oxygen atoms in total. The molecule has 2 N–H and O–H groups in total. The van der Waals surface area contributed by atoms with E-state index in [0.717, 1.165) is 18.4 Å². The Morgan fingerprint density at radius 2 is 1.91 bits per heavy atom.